The molecule has 0 saturated carbocycles. The van der Waals surface area contributed by atoms with Crippen molar-refractivity contribution in [2.24, 2.45) is 4.99 Å². The van der Waals surface area contributed by atoms with Crippen molar-refractivity contribution in [3.8, 4) is 0 Å². The zero-order valence-electron chi connectivity index (χ0n) is 12.9. The molecule has 120 valence electrons. The Hall–Kier alpha value is -2.11. The highest BCUT2D eigenvalue weighted by atomic mass is 35.5. The Kier molecular flexibility index (Phi) is 5.58. The Morgan fingerprint density at radius 1 is 1.22 bits per heavy atom. The largest absolute Gasteiger partial charge is 0.467 e. The van der Waals surface area contributed by atoms with Gasteiger partial charge < -0.3 is 8.98 Å². The van der Waals surface area contributed by atoms with Gasteiger partial charge in [0.15, 0.2) is 10.6 Å². The van der Waals surface area contributed by atoms with Crippen molar-refractivity contribution < 1.29 is 9.21 Å². The number of Topliss-reactive ketones (excluding diaryl/α,β-unsaturated/α-hetero) is 1. The topological polar surface area (TPSA) is 47.5 Å². The molecule has 0 bridgehead atoms. The summed E-state index contributed by atoms with van der Waals surface area (Å²) >= 11 is 1.42. The Morgan fingerprint density at radius 3 is 2.57 bits per heavy atom. The lowest BCUT2D eigenvalue weighted by atomic mass is 10.3. The van der Waals surface area contributed by atoms with E-state index >= 15 is 0 Å². The van der Waals surface area contributed by atoms with Crippen molar-refractivity contribution in [2.45, 2.75) is 20.4 Å². The second kappa shape index (κ2) is 7.44. The number of halogens is 1. The second-order valence-electron chi connectivity index (χ2n) is 4.97. The van der Waals surface area contributed by atoms with Crippen LogP contribution in [-0.2, 0) is 6.54 Å². The van der Waals surface area contributed by atoms with Crippen LogP contribution in [0.2, 0.25) is 0 Å². The highest BCUT2D eigenvalue weighted by Gasteiger charge is 2.14. The summed E-state index contributed by atoms with van der Waals surface area (Å²) in [5.41, 5.74) is 1.79. The number of carbonyl (C=O) groups excluding carboxylic acids is 1. The van der Waals surface area contributed by atoms with E-state index < -0.39 is 0 Å². The van der Waals surface area contributed by atoms with Gasteiger partial charge >= 0.3 is 0 Å². The van der Waals surface area contributed by atoms with Gasteiger partial charge in [0.25, 0.3) is 0 Å². The molecule has 2 aromatic heterocycles. The maximum atomic E-state index is 11.8. The summed E-state index contributed by atoms with van der Waals surface area (Å²) in [5.74, 6) is 0.899. The average molecular weight is 349 g/mol. The predicted molar refractivity (Wildman–Crippen MR) is 93.8 cm³/mol. The van der Waals surface area contributed by atoms with Gasteiger partial charge in [-0.1, -0.05) is 29.5 Å². The first kappa shape index (κ1) is 17.2. The lowest BCUT2D eigenvalue weighted by Gasteiger charge is -2.04. The van der Waals surface area contributed by atoms with E-state index in [0.29, 0.717) is 6.54 Å². The van der Waals surface area contributed by atoms with Gasteiger partial charge in [0.2, 0.25) is 0 Å². The molecule has 23 heavy (non-hydrogen) atoms. The van der Waals surface area contributed by atoms with E-state index in [9.17, 15) is 4.79 Å². The molecule has 4 nitrogen and oxygen atoms in total. The standard InChI is InChI=1S/C17H16N2O2S.ClH/c1-12-16(13(2)20)22-17(18-14-7-4-3-5-8-14)19(12)11-15-9-6-10-21-15;/h3-10H,11H2,1-2H3;1H. The van der Waals surface area contributed by atoms with Crippen LogP contribution >= 0.6 is 23.7 Å². The summed E-state index contributed by atoms with van der Waals surface area (Å²) in [6, 6.07) is 13.5. The molecule has 0 atom stereocenters. The first-order chi connectivity index (χ1) is 10.6. The number of para-hydroxylation sites is 1. The predicted octanol–water partition coefficient (Wildman–Crippen LogP) is 4.36. The fraction of sp³-hybridized carbons (Fsp3) is 0.176. The Bertz CT molecular complexity index is 849. The monoisotopic (exact) mass is 348 g/mol. The number of benzene rings is 1. The van der Waals surface area contributed by atoms with E-state index in [2.05, 4.69) is 4.99 Å². The number of nitrogens with zero attached hydrogens (tertiary/aromatic N) is 2. The summed E-state index contributed by atoms with van der Waals surface area (Å²) in [7, 11) is 0. The number of hydrogen-bond acceptors (Lipinski definition) is 4. The van der Waals surface area contributed by atoms with Crippen LogP contribution in [0.5, 0.6) is 0 Å². The molecule has 0 fully saturated rings. The van der Waals surface area contributed by atoms with E-state index in [1.807, 2.05) is 54.0 Å². The number of thiazole rings is 1. The zero-order chi connectivity index (χ0) is 15.5. The molecule has 3 rings (SSSR count). The summed E-state index contributed by atoms with van der Waals surface area (Å²) < 4.78 is 7.45. The Balaban J connectivity index is 0.00000192. The maximum Gasteiger partial charge on any atom is 0.191 e. The van der Waals surface area contributed by atoms with E-state index in [1.165, 1.54) is 11.3 Å². The van der Waals surface area contributed by atoms with Crippen LogP contribution in [0.1, 0.15) is 28.0 Å². The fourth-order valence-electron chi connectivity index (χ4n) is 2.25. The van der Waals surface area contributed by atoms with Crippen LogP contribution < -0.4 is 4.80 Å². The summed E-state index contributed by atoms with van der Waals surface area (Å²) in [5, 5.41) is 0. The van der Waals surface area contributed by atoms with Crippen LogP contribution in [0.4, 0.5) is 5.69 Å². The lowest BCUT2D eigenvalue weighted by molar-refractivity contribution is 0.102. The number of furan rings is 1. The highest BCUT2D eigenvalue weighted by molar-refractivity contribution is 7.11. The second-order valence-corrected chi connectivity index (χ2v) is 5.95. The van der Waals surface area contributed by atoms with Crippen molar-refractivity contribution in [3.05, 3.63) is 69.9 Å². The SMILES string of the molecule is CC(=O)c1sc(=Nc2ccccc2)n(Cc2ccco2)c1C.Cl. The van der Waals surface area contributed by atoms with Gasteiger partial charge in [-0.15, -0.1) is 12.4 Å². The quantitative estimate of drug-likeness (QED) is 0.658. The molecule has 6 heteroatoms. The Labute approximate surface area is 144 Å². The fourth-order valence-corrected chi connectivity index (χ4v) is 3.30. The minimum atomic E-state index is 0. The van der Waals surface area contributed by atoms with E-state index in [1.54, 1.807) is 13.2 Å². The van der Waals surface area contributed by atoms with Crippen molar-refractivity contribution in [2.75, 3.05) is 0 Å². The molecule has 0 unspecified atom stereocenters. The van der Waals surface area contributed by atoms with Crippen LogP contribution in [0, 0.1) is 6.92 Å². The zero-order valence-corrected chi connectivity index (χ0v) is 14.5. The van der Waals surface area contributed by atoms with Gasteiger partial charge in [0, 0.05) is 12.6 Å². The van der Waals surface area contributed by atoms with E-state index in [4.69, 9.17) is 4.42 Å². The Morgan fingerprint density at radius 2 is 1.96 bits per heavy atom. The molecule has 0 aliphatic carbocycles. The van der Waals surface area contributed by atoms with Crippen molar-refractivity contribution >= 4 is 35.2 Å². The summed E-state index contributed by atoms with van der Waals surface area (Å²) in [6.07, 6.45) is 1.65. The number of rotatable bonds is 4. The highest BCUT2D eigenvalue weighted by Crippen LogP contribution is 2.17. The lowest BCUT2D eigenvalue weighted by Crippen LogP contribution is -2.16. The average Bonchev–Trinajstić information content (AvgIpc) is 3.12. The van der Waals surface area contributed by atoms with Gasteiger partial charge in [-0.25, -0.2) is 4.99 Å². The number of aromatic nitrogens is 1. The van der Waals surface area contributed by atoms with Crippen molar-refractivity contribution in [1.29, 1.82) is 0 Å². The van der Waals surface area contributed by atoms with Crippen molar-refractivity contribution in [3.63, 3.8) is 0 Å². The number of ketones is 1. The number of hydrogen-bond donors (Lipinski definition) is 0. The number of carbonyl (C=O) groups is 1. The normalized spacial score (nSPS) is 11.3. The molecule has 3 aromatic rings. The van der Waals surface area contributed by atoms with Crippen LogP contribution in [0.25, 0.3) is 0 Å². The third-order valence-corrected chi connectivity index (χ3v) is 4.63. The molecule has 0 aliphatic heterocycles. The van der Waals surface area contributed by atoms with Gasteiger partial charge in [-0.05, 0) is 31.2 Å². The summed E-state index contributed by atoms with van der Waals surface area (Å²) in [4.78, 5) is 18.0. The smallest absolute Gasteiger partial charge is 0.191 e. The van der Waals surface area contributed by atoms with Gasteiger partial charge in [0.1, 0.15) is 5.76 Å². The minimum Gasteiger partial charge on any atom is -0.467 e. The van der Waals surface area contributed by atoms with Gasteiger partial charge in [0.05, 0.1) is 23.4 Å². The molecule has 0 amide bonds. The van der Waals surface area contributed by atoms with Crippen LogP contribution in [0.15, 0.2) is 58.1 Å². The molecular formula is C17H17ClN2O2S. The molecule has 2 heterocycles. The third kappa shape index (κ3) is 3.81. The van der Waals surface area contributed by atoms with E-state index in [-0.39, 0.29) is 18.2 Å². The molecule has 0 N–H and O–H groups in total. The van der Waals surface area contributed by atoms with E-state index in [0.717, 1.165) is 26.8 Å². The first-order valence-corrected chi connectivity index (χ1v) is 7.80. The molecule has 0 saturated heterocycles. The third-order valence-electron chi connectivity index (χ3n) is 3.35. The molecule has 1 aromatic carbocycles. The van der Waals surface area contributed by atoms with Gasteiger partial charge in [-0.2, -0.15) is 0 Å². The minimum absolute atomic E-state index is 0. The molecule has 0 radical (unpaired) electrons. The van der Waals surface area contributed by atoms with Crippen molar-refractivity contribution in [1.82, 2.24) is 4.57 Å². The molecular weight excluding hydrogens is 332 g/mol. The molecule has 0 spiro atoms. The van der Waals surface area contributed by atoms with Gasteiger partial charge in [-0.3, -0.25) is 4.79 Å². The molecule has 0 aliphatic rings. The first-order valence-electron chi connectivity index (χ1n) is 6.98. The maximum absolute atomic E-state index is 11.8. The van der Waals surface area contributed by atoms with Crippen LogP contribution in [0.3, 0.4) is 0 Å². The summed E-state index contributed by atoms with van der Waals surface area (Å²) in [6.45, 7) is 4.09. The van der Waals surface area contributed by atoms with Crippen LogP contribution in [-0.4, -0.2) is 10.4 Å².